The summed E-state index contributed by atoms with van der Waals surface area (Å²) in [7, 11) is 0. The van der Waals surface area contributed by atoms with Gasteiger partial charge in [-0.3, -0.25) is 9.78 Å². The summed E-state index contributed by atoms with van der Waals surface area (Å²) in [5.41, 5.74) is 2.24. The van der Waals surface area contributed by atoms with E-state index in [0.29, 0.717) is 6.54 Å². The van der Waals surface area contributed by atoms with Gasteiger partial charge in [-0.15, -0.1) is 6.42 Å². The molecular weight excluding hydrogens is 214 g/mol. The van der Waals surface area contributed by atoms with Gasteiger partial charge in [-0.05, 0) is 31.0 Å². The van der Waals surface area contributed by atoms with E-state index in [1.165, 1.54) is 0 Å². The van der Waals surface area contributed by atoms with E-state index in [2.05, 4.69) is 21.5 Å². The van der Waals surface area contributed by atoms with Gasteiger partial charge in [-0.2, -0.15) is 0 Å². The SMILES string of the molecule is C#CCNC(=O)C(C)NCc1cnccc1C. The molecule has 0 aliphatic carbocycles. The highest BCUT2D eigenvalue weighted by atomic mass is 16.2. The first-order valence-electron chi connectivity index (χ1n) is 5.49. The molecule has 2 N–H and O–H groups in total. The quantitative estimate of drug-likeness (QED) is 0.730. The molecule has 1 unspecified atom stereocenters. The number of terminal acetylenes is 1. The molecule has 90 valence electrons. The fourth-order valence-corrected chi connectivity index (χ4v) is 1.33. The molecule has 1 aromatic heterocycles. The van der Waals surface area contributed by atoms with Gasteiger partial charge >= 0.3 is 0 Å². The maximum Gasteiger partial charge on any atom is 0.237 e. The van der Waals surface area contributed by atoms with Crippen LogP contribution in [0.15, 0.2) is 18.5 Å². The highest BCUT2D eigenvalue weighted by Crippen LogP contribution is 2.04. The first-order valence-corrected chi connectivity index (χ1v) is 5.49. The molecule has 0 saturated carbocycles. The zero-order valence-corrected chi connectivity index (χ0v) is 10.2. The number of rotatable bonds is 5. The number of carbonyl (C=O) groups is 1. The molecule has 1 atom stereocenters. The predicted octanol–water partition coefficient (Wildman–Crippen LogP) is 0.618. The first-order chi connectivity index (χ1) is 8.15. The Labute approximate surface area is 102 Å². The molecule has 0 aromatic carbocycles. The Kier molecular flexibility index (Phi) is 5.18. The highest BCUT2D eigenvalue weighted by molar-refractivity contribution is 5.81. The molecule has 1 aromatic rings. The zero-order valence-electron chi connectivity index (χ0n) is 10.2. The van der Waals surface area contributed by atoms with Crippen molar-refractivity contribution in [3.63, 3.8) is 0 Å². The van der Waals surface area contributed by atoms with E-state index < -0.39 is 0 Å². The first kappa shape index (κ1) is 13.2. The monoisotopic (exact) mass is 231 g/mol. The van der Waals surface area contributed by atoms with Crippen LogP contribution in [0.5, 0.6) is 0 Å². The van der Waals surface area contributed by atoms with Crippen molar-refractivity contribution >= 4 is 5.91 Å². The average Bonchev–Trinajstić information content (AvgIpc) is 2.34. The molecule has 1 amide bonds. The van der Waals surface area contributed by atoms with E-state index in [1.54, 1.807) is 19.3 Å². The fraction of sp³-hybridized carbons (Fsp3) is 0.385. The van der Waals surface area contributed by atoms with Gasteiger partial charge < -0.3 is 10.6 Å². The van der Waals surface area contributed by atoms with E-state index in [4.69, 9.17) is 6.42 Å². The largest absolute Gasteiger partial charge is 0.344 e. The second-order valence-electron chi connectivity index (χ2n) is 3.83. The van der Waals surface area contributed by atoms with Crippen molar-refractivity contribution in [1.29, 1.82) is 0 Å². The summed E-state index contributed by atoms with van der Waals surface area (Å²) < 4.78 is 0. The van der Waals surface area contributed by atoms with Crippen LogP contribution in [0.3, 0.4) is 0 Å². The maximum absolute atomic E-state index is 11.5. The summed E-state index contributed by atoms with van der Waals surface area (Å²) in [6.45, 7) is 4.69. The van der Waals surface area contributed by atoms with Gasteiger partial charge in [0.1, 0.15) is 0 Å². The number of nitrogens with one attached hydrogen (secondary N) is 2. The molecule has 0 radical (unpaired) electrons. The normalized spacial score (nSPS) is 11.6. The molecule has 0 saturated heterocycles. The molecule has 0 aliphatic rings. The lowest BCUT2D eigenvalue weighted by Gasteiger charge is -2.13. The minimum absolute atomic E-state index is 0.0931. The van der Waals surface area contributed by atoms with E-state index in [-0.39, 0.29) is 18.5 Å². The number of nitrogens with zero attached hydrogens (tertiary/aromatic N) is 1. The molecule has 4 nitrogen and oxygen atoms in total. The predicted molar refractivity (Wildman–Crippen MR) is 67.1 cm³/mol. The van der Waals surface area contributed by atoms with E-state index in [9.17, 15) is 4.79 Å². The smallest absolute Gasteiger partial charge is 0.237 e. The van der Waals surface area contributed by atoms with Crippen LogP contribution in [0.25, 0.3) is 0 Å². The molecule has 17 heavy (non-hydrogen) atoms. The topological polar surface area (TPSA) is 54.0 Å². The highest BCUT2D eigenvalue weighted by Gasteiger charge is 2.11. The summed E-state index contributed by atoms with van der Waals surface area (Å²) in [4.78, 5) is 15.6. The number of pyridine rings is 1. The van der Waals surface area contributed by atoms with Crippen molar-refractivity contribution < 1.29 is 4.79 Å². The molecule has 1 rings (SSSR count). The van der Waals surface area contributed by atoms with Crippen LogP contribution in [0, 0.1) is 19.3 Å². The third kappa shape index (κ3) is 4.25. The lowest BCUT2D eigenvalue weighted by molar-refractivity contribution is -0.122. The molecule has 1 heterocycles. The number of amides is 1. The van der Waals surface area contributed by atoms with Crippen molar-refractivity contribution in [1.82, 2.24) is 15.6 Å². The van der Waals surface area contributed by atoms with Gasteiger partial charge in [0.25, 0.3) is 0 Å². The standard InChI is InChI=1S/C13H17N3O/c1-4-6-15-13(17)11(3)16-9-12-8-14-7-5-10(12)2/h1,5,7-8,11,16H,6,9H2,2-3H3,(H,15,17). The van der Waals surface area contributed by atoms with Gasteiger partial charge in [-0.1, -0.05) is 5.92 Å². The summed E-state index contributed by atoms with van der Waals surface area (Å²) in [5.74, 6) is 2.27. The molecule has 0 bridgehead atoms. The Morgan fingerprint density at radius 3 is 3.06 bits per heavy atom. The Morgan fingerprint density at radius 2 is 2.41 bits per heavy atom. The number of hydrogen-bond acceptors (Lipinski definition) is 3. The van der Waals surface area contributed by atoms with Gasteiger partial charge in [0.15, 0.2) is 0 Å². The number of carbonyl (C=O) groups excluding carboxylic acids is 1. The summed E-state index contributed by atoms with van der Waals surface area (Å²) >= 11 is 0. The third-order valence-electron chi connectivity index (χ3n) is 2.50. The van der Waals surface area contributed by atoms with Crippen LogP contribution in [-0.4, -0.2) is 23.5 Å². The van der Waals surface area contributed by atoms with E-state index in [0.717, 1.165) is 11.1 Å². The Balaban J connectivity index is 2.43. The zero-order chi connectivity index (χ0) is 12.7. The maximum atomic E-state index is 11.5. The van der Waals surface area contributed by atoms with Crippen LogP contribution in [0.2, 0.25) is 0 Å². The van der Waals surface area contributed by atoms with Crippen LogP contribution in [0.1, 0.15) is 18.1 Å². The average molecular weight is 231 g/mol. The van der Waals surface area contributed by atoms with Crippen molar-refractivity contribution in [2.24, 2.45) is 0 Å². The minimum Gasteiger partial charge on any atom is -0.344 e. The minimum atomic E-state index is -0.275. The molecular formula is C13H17N3O. The lowest BCUT2D eigenvalue weighted by atomic mass is 10.1. The van der Waals surface area contributed by atoms with Crippen LogP contribution < -0.4 is 10.6 Å². The lowest BCUT2D eigenvalue weighted by Crippen LogP contribution is -2.42. The van der Waals surface area contributed by atoms with Gasteiger partial charge in [0.2, 0.25) is 5.91 Å². The van der Waals surface area contributed by atoms with Crippen molar-refractivity contribution in [3.05, 3.63) is 29.6 Å². The second-order valence-corrected chi connectivity index (χ2v) is 3.83. The Hall–Kier alpha value is -1.86. The van der Waals surface area contributed by atoms with E-state index >= 15 is 0 Å². The van der Waals surface area contributed by atoms with Gasteiger partial charge in [0, 0.05) is 18.9 Å². The fourth-order valence-electron chi connectivity index (χ4n) is 1.33. The van der Waals surface area contributed by atoms with E-state index in [1.807, 2.05) is 13.0 Å². The van der Waals surface area contributed by atoms with Gasteiger partial charge in [-0.25, -0.2) is 0 Å². The summed E-state index contributed by atoms with van der Waals surface area (Å²) in [5, 5.41) is 5.76. The summed E-state index contributed by atoms with van der Waals surface area (Å²) in [6, 6.07) is 1.67. The second kappa shape index (κ2) is 6.66. The van der Waals surface area contributed by atoms with Crippen molar-refractivity contribution in [2.75, 3.05) is 6.54 Å². The van der Waals surface area contributed by atoms with Crippen LogP contribution in [0.4, 0.5) is 0 Å². The van der Waals surface area contributed by atoms with Crippen LogP contribution in [-0.2, 0) is 11.3 Å². The number of aromatic nitrogens is 1. The van der Waals surface area contributed by atoms with Crippen molar-refractivity contribution in [2.45, 2.75) is 26.4 Å². The number of aryl methyl sites for hydroxylation is 1. The summed E-state index contributed by atoms with van der Waals surface area (Å²) in [6.07, 6.45) is 8.62. The molecule has 0 fully saturated rings. The molecule has 4 heteroatoms. The van der Waals surface area contributed by atoms with Crippen LogP contribution >= 0.6 is 0 Å². The Morgan fingerprint density at radius 1 is 1.65 bits per heavy atom. The van der Waals surface area contributed by atoms with Crippen molar-refractivity contribution in [3.8, 4) is 12.3 Å². The Bertz CT molecular complexity index is 423. The third-order valence-corrected chi connectivity index (χ3v) is 2.50. The molecule has 0 spiro atoms. The number of hydrogen-bond donors (Lipinski definition) is 2. The van der Waals surface area contributed by atoms with Gasteiger partial charge in [0.05, 0.1) is 12.6 Å². The molecule has 0 aliphatic heterocycles.